The lowest BCUT2D eigenvalue weighted by Crippen LogP contribution is -2.36. The second-order valence-corrected chi connectivity index (χ2v) is 4.04. The largest absolute Gasteiger partial charge is 0.444 e. The first-order valence-corrected chi connectivity index (χ1v) is 5.50. The molecular weight excluding hydrogens is 192 g/mol. The number of rotatable bonds is 3. The molecule has 1 fully saturated rings. The highest BCUT2D eigenvalue weighted by Crippen LogP contribution is 2.10. The first kappa shape index (κ1) is 10.6. The predicted octanol–water partition coefficient (Wildman–Crippen LogP) is 1.56. The van der Waals surface area contributed by atoms with Gasteiger partial charge in [0.1, 0.15) is 5.76 Å². The third-order valence-corrected chi connectivity index (χ3v) is 2.78. The molecule has 2 heterocycles. The van der Waals surface area contributed by atoms with E-state index in [0.29, 0.717) is 12.6 Å². The summed E-state index contributed by atoms with van der Waals surface area (Å²) in [6.45, 7) is 6.30. The zero-order chi connectivity index (χ0) is 10.7. The Morgan fingerprint density at radius 3 is 2.93 bits per heavy atom. The van der Waals surface area contributed by atoms with Gasteiger partial charge in [0.2, 0.25) is 5.89 Å². The average molecular weight is 210 g/mol. The third kappa shape index (κ3) is 2.79. The minimum atomic E-state index is 0.450. The van der Waals surface area contributed by atoms with E-state index in [2.05, 4.69) is 10.3 Å². The molecule has 4 heteroatoms. The molecule has 1 aliphatic heterocycles. The molecule has 0 amide bonds. The summed E-state index contributed by atoms with van der Waals surface area (Å²) in [5, 5.41) is 3.40. The van der Waals surface area contributed by atoms with Crippen LogP contribution in [0.3, 0.4) is 0 Å². The van der Waals surface area contributed by atoms with Gasteiger partial charge >= 0.3 is 0 Å². The Morgan fingerprint density at radius 2 is 2.33 bits per heavy atom. The van der Waals surface area contributed by atoms with Crippen LogP contribution in [0.25, 0.3) is 0 Å². The van der Waals surface area contributed by atoms with Gasteiger partial charge < -0.3 is 14.5 Å². The van der Waals surface area contributed by atoms with Crippen molar-refractivity contribution in [1.29, 1.82) is 0 Å². The zero-order valence-electron chi connectivity index (χ0n) is 9.38. The second kappa shape index (κ2) is 4.77. The van der Waals surface area contributed by atoms with Crippen LogP contribution in [0, 0.1) is 13.8 Å². The van der Waals surface area contributed by atoms with Crippen molar-refractivity contribution in [3.05, 3.63) is 17.3 Å². The minimum absolute atomic E-state index is 0.450. The van der Waals surface area contributed by atoms with Gasteiger partial charge in [-0.3, -0.25) is 0 Å². The van der Waals surface area contributed by atoms with Gasteiger partial charge in [0.15, 0.2) is 0 Å². The third-order valence-electron chi connectivity index (χ3n) is 2.78. The van der Waals surface area contributed by atoms with Crippen LogP contribution in [0.2, 0.25) is 0 Å². The summed E-state index contributed by atoms with van der Waals surface area (Å²) in [7, 11) is 0. The van der Waals surface area contributed by atoms with E-state index in [0.717, 1.165) is 37.0 Å². The van der Waals surface area contributed by atoms with Crippen LogP contribution in [0.4, 0.5) is 0 Å². The lowest BCUT2D eigenvalue weighted by Gasteiger charge is -2.22. The number of hydrogen-bond acceptors (Lipinski definition) is 4. The van der Waals surface area contributed by atoms with Crippen molar-refractivity contribution in [1.82, 2.24) is 10.3 Å². The fourth-order valence-electron chi connectivity index (χ4n) is 1.75. The summed E-state index contributed by atoms with van der Waals surface area (Å²) in [5.41, 5.74) is 0.978. The summed E-state index contributed by atoms with van der Waals surface area (Å²) in [6.07, 6.45) is 2.32. The molecule has 0 aliphatic carbocycles. The number of aromatic nitrogens is 1. The number of oxazole rings is 1. The molecule has 4 nitrogen and oxygen atoms in total. The maximum absolute atomic E-state index is 5.49. The molecule has 0 bridgehead atoms. The Morgan fingerprint density at radius 1 is 1.47 bits per heavy atom. The van der Waals surface area contributed by atoms with Crippen molar-refractivity contribution < 1.29 is 9.15 Å². The number of nitrogens with zero attached hydrogens (tertiary/aromatic N) is 1. The molecule has 1 unspecified atom stereocenters. The molecule has 0 aromatic carbocycles. The standard InChI is InChI=1S/C11H18N2O2/c1-8-9(2)15-11(13-8)6-12-10-4-3-5-14-7-10/h10,12H,3-7H2,1-2H3. The normalized spacial score (nSPS) is 21.9. The van der Waals surface area contributed by atoms with Crippen LogP contribution in [0.15, 0.2) is 4.42 Å². The molecule has 15 heavy (non-hydrogen) atoms. The van der Waals surface area contributed by atoms with Crippen LogP contribution >= 0.6 is 0 Å². The van der Waals surface area contributed by atoms with Gasteiger partial charge in [-0.1, -0.05) is 0 Å². The minimum Gasteiger partial charge on any atom is -0.444 e. The van der Waals surface area contributed by atoms with Crippen molar-refractivity contribution in [3.63, 3.8) is 0 Å². The Hall–Kier alpha value is -0.870. The van der Waals surface area contributed by atoms with E-state index in [1.807, 2.05) is 13.8 Å². The van der Waals surface area contributed by atoms with Crippen LogP contribution in [0.1, 0.15) is 30.2 Å². The lowest BCUT2D eigenvalue weighted by atomic mass is 10.1. The highest BCUT2D eigenvalue weighted by atomic mass is 16.5. The van der Waals surface area contributed by atoms with Gasteiger partial charge in [-0.15, -0.1) is 0 Å². The van der Waals surface area contributed by atoms with Gasteiger partial charge in [0, 0.05) is 12.6 Å². The van der Waals surface area contributed by atoms with Crippen LogP contribution in [-0.2, 0) is 11.3 Å². The smallest absolute Gasteiger partial charge is 0.208 e. The van der Waals surface area contributed by atoms with Gasteiger partial charge in [-0.2, -0.15) is 0 Å². The van der Waals surface area contributed by atoms with Crippen molar-refractivity contribution in [2.75, 3.05) is 13.2 Å². The van der Waals surface area contributed by atoms with E-state index < -0.39 is 0 Å². The fourth-order valence-corrected chi connectivity index (χ4v) is 1.75. The second-order valence-electron chi connectivity index (χ2n) is 4.04. The van der Waals surface area contributed by atoms with E-state index in [-0.39, 0.29) is 0 Å². The lowest BCUT2D eigenvalue weighted by molar-refractivity contribution is 0.0691. The number of hydrogen-bond donors (Lipinski definition) is 1. The molecule has 84 valence electrons. The quantitative estimate of drug-likeness (QED) is 0.822. The molecule has 1 N–H and O–H groups in total. The highest BCUT2D eigenvalue weighted by molar-refractivity contribution is 5.05. The predicted molar refractivity (Wildman–Crippen MR) is 56.7 cm³/mol. The molecule has 1 aliphatic rings. The van der Waals surface area contributed by atoms with Crippen molar-refractivity contribution in [2.24, 2.45) is 0 Å². The van der Waals surface area contributed by atoms with Gasteiger partial charge in [0.05, 0.1) is 18.8 Å². The molecule has 0 spiro atoms. The summed E-state index contributed by atoms with van der Waals surface area (Å²) in [6, 6.07) is 0.450. The molecule has 1 atom stereocenters. The highest BCUT2D eigenvalue weighted by Gasteiger charge is 2.14. The molecule has 1 aromatic rings. The Bertz CT molecular complexity index is 297. The van der Waals surface area contributed by atoms with E-state index >= 15 is 0 Å². The summed E-state index contributed by atoms with van der Waals surface area (Å²) in [4.78, 5) is 4.32. The van der Waals surface area contributed by atoms with Gasteiger partial charge in [-0.25, -0.2) is 4.98 Å². The van der Waals surface area contributed by atoms with Crippen LogP contribution in [-0.4, -0.2) is 24.2 Å². The number of aryl methyl sites for hydroxylation is 2. The maximum Gasteiger partial charge on any atom is 0.208 e. The average Bonchev–Trinajstić information content (AvgIpc) is 2.57. The van der Waals surface area contributed by atoms with Crippen LogP contribution in [0.5, 0.6) is 0 Å². The first-order valence-electron chi connectivity index (χ1n) is 5.50. The molecule has 0 radical (unpaired) electrons. The van der Waals surface area contributed by atoms with Crippen molar-refractivity contribution >= 4 is 0 Å². The number of ether oxygens (including phenoxy) is 1. The van der Waals surface area contributed by atoms with Crippen molar-refractivity contribution in [3.8, 4) is 0 Å². The SMILES string of the molecule is Cc1nc(CNC2CCCOC2)oc1C. The van der Waals surface area contributed by atoms with E-state index in [1.165, 1.54) is 6.42 Å². The van der Waals surface area contributed by atoms with Crippen molar-refractivity contribution in [2.45, 2.75) is 39.3 Å². The molecule has 0 saturated carbocycles. The number of nitrogens with one attached hydrogen (secondary N) is 1. The molecule has 2 rings (SSSR count). The monoisotopic (exact) mass is 210 g/mol. The molecular formula is C11H18N2O2. The summed E-state index contributed by atoms with van der Waals surface area (Å²) >= 11 is 0. The molecule has 1 saturated heterocycles. The molecule has 1 aromatic heterocycles. The van der Waals surface area contributed by atoms with Gasteiger partial charge in [-0.05, 0) is 26.7 Å². The van der Waals surface area contributed by atoms with E-state index in [9.17, 15) is 0 Å². The zero-order valence-corrected chi connectivity index (χ0v) is 9.38. The maximum atomic E-state index is 5.49. The van der Waals surface area contributed by atoms with Gasteiger partial charge in [0.25, 0.3) is 0 Å². The Kier molecular flexibility index (Phi) is 3.38. The van der Waals surface area contributed by atoms with Crippen LogP contribution < -0.4 is 5.32 Å². The Balaban J connectivity index is 1.81. The topological polar surface area (TPSA) is 47.3 Å². The van der Waals surface area contributed by atoms with E-state index in [1.54, 1.807) is 0 Å². The summed E-state index contributed by atoms with van der Waals surface area (Å²) in [5.74, 6) is 1.68. The van der Waals surface area contributed by atoms with E-state index in [4.69, 9.17) is 9.15 Å². The first-order chi connectivity index (χ1) is 7.25. The Labute approximate surface area is 90.0 Å². The fraction of sp³-hybridized carbons (Fsp3) is 0.727. The summed E-state index contributed by atoms with van der Waals surface area (Å²) < 4.78 is 10.9.